The highest BCUT2D eigenvalue weighted by atomic mass is 15.0. The van der Waals surface area contributed by atoms with Gasteiger partial charge in [0.25, 0.3) is 0 Å². The highest BCUT2D eigenvalue weighted by Gasteiger charge is 2.38. The molecule has 0 bridgehead atoms. The fourth-order valence-electron chi connectivity index (χ4n) is 9.53. The maximum absolute atomic E-state index is 5.14. The second-order valence-electron chi connectivity index (χ2n) is 17.9. The van der Waals surface area contributed by atoms with E-state index in [1.165, 1.54) is 67.7 Å². The predicted octanol–water partition coefficient (Wildman–Crippen LogP) is 14.8. The molecule has 0 saturated carbocycles. The van der Waals surface area contributed by atoms with E-state index in [0.717, 1.165) is 33.5 Å². The summed E-state index contributed by atoms with van der Waals surface area (Å²) in [4.78, 5) is 15.4. The zero-order chi connectivity index (χ0) is 41.3. The van der Waals surface area contributed by atoms with Crippen LogP contribution in [0.25, 0.3) is 94.7 Å². The fraction of sp³-hybridized carbons (Fsp3) is 0.140. The highest BCUT2D eigenvalue weighted by Crippen LogP contribution is 2.49. The van der Waals surface area contributed by atoms with Crippen LogP contribution in [0.5, 0.6) is 0 Å². The lowest BCUT2D eigenvalue weighted by atomic mass is 9.63. The third-order valence-corrected chi connectivity index (χ3v) is 13.1. The first-order valence-corrected chi connectivity index (χ1v) is 21.4. The highest BCUT2D eigenvalue weighted by molar-refractivity contribution is 6.21. The van der Waals surface area contributed by atoms with Crippen molar-refractivity contribution >= 4 is 32.6 Å². The zero-order valence-electron chi connectivity index (χ0n) is 35.0. The molecule has 2 heterocycles. The third kappa shape index (κ3) is 6.42. The van der Waals surface area contributed by atoms with Gasteiger partial charge in [0.2, 0.25) is 0 Å². The molecule has 10 aromatic rings. The summed E-state index contributed by atoms with van der Waals surface area (Å²) in [6, 6.07) is 65.1. The number of benzene rings is 8. The number of hydrogen-bond donors (Lipinski definition) is 0. The van der Waals surface area contributed by atoms with E-state index < -0.39 is 0 Å². The van der Waals surface area contributed by atoms with Crippen LogP contribution >= 0.6 is 0 Å². The van der Waals surface area contributed by atoms with Crippen molar-refractivity contribution < 1.29 is 0 Å². The summed E-state index contributed by atoms with van der Waals surface area (Å²) in [7, 11) is 0. The molecule has 0 radical (unpaired) electrons. The van der Waals surface area contributed by atoms with Gasteiger partial charge in [0.15, 0.2) is 17.5 Å². The Morgan fingerprint density at radius 2 is 0.803 bits per heavy atom. The van der Waals surface area contributed by atoms with Crippen LogP contribution in [0, 0.1) is 0 Å². The van der Waals surface area contributed by atoms with E-state index in [0.29, 0.717) is 17.5 Å². The van der Waals surface area contributed by atoms with Crippen LogP contribution in [0.15, 0.2) is 182 Å². The molecule has 0 unspecified atom stereocenters. The summed E-state index contributed by atoms with van der Waals surface area (Å²) < 4.78 is 2.46. The molecule has 0 spiro atoms. The molecule has 0 amide bonds. The zero-order valence-corrected chi connectivity index (χ0v) is 35.0. The van der Waals surface area contributed by atoms with Gasteiger partial charge >= 0.3 is 0 Å². The quantitative estimate of drug-likeness (QED) is 0.169. The summed E-state index contributed by atoms with van der Waals surface area (Å²) in [6.45, 7) is 9.66. The van der Waals surface area contributed by atoms with E-state index in [-0.39, 0.29) is 10.8 Å². The average molecular weight is 787 g/mol. The Balaban J connectivity index is 1.05. The monoisotopic (exact) mass is 786 g/mol. The van der Waals surface area contributed by atoms with Crippen molar-refractivity contribution in [1.29, 1.82) is 0 Å². The van der Waals surface area contributed by atoms with E-state index in [1.807, 2.05) is 12.1 Å². The topological polar surface area (TPSA) is 43.6 Å². The van der Waals surface area contributed by atoms with Crippen LogP contribution in [-0.4, -0.2) is 19.5 Å². The maximum atomic E-state index is 5.14. The first kappa shape index (κ1) is 36.9. The van der Waals surface area contributed by atoms with E-state index in [1.54, 1.807) is 0 Å². The van der Waals surface area contributed by atoms with Gasteiger partial charge in [-0.1, -0.05) is 167 Å². The van der Waals surface area contributed by atoms with Crippen LogP contribution in [0.2, 0.25) is 0 Å². The molecule has 0 aliphatic heterocycles. The van der Waals surface area contributed by atoms with E-state index in [4.69, 9.17) is 15.0 Å². The second-order valence-corrected chi connectivity index (χ2v) is 17.9. The van der Waals surface area contributed by atoms with Crippen molar-refractivity contribution in [3.8, 4) is 62.1 Å². The molecule has 0 fully saturated rings. The standard InChI is InChI=1S/C57H46N4/c1-56(2)33-34-57(3,4)49-36-51-47(35-48(49)56)52-46-18-12-11-17-41(46)29-32-50(52)61(51)45-30-27-44(28-31-45)55-59-53(42-23-19-39(20-24-42)37-13-7-5-8-14-37)58-54(60-55)43-25-21-40(22-26-43)38-15-9-6-10-16-38/h5-32,35-36H,33-34H2,1-4H3. The number of fused-ring (bicyclic) bond motifs is 6. The van der Waals surface area contributed by atoms with Gasteiger partial charge in [-0.25, -0.2) is 15.0 Å². The molecule has 0 N–H and O–H groups in total. The van der Waals surface area contributed by atoms with Gasteiger partial charge in [0, 0.05) is 33.2 Å². The Hall–Kier alpha value is -7.17. The largest absolute Gasteiger partial charge is 0.309 e. The van der Waals surface area contributed by atoms with Gasteiger partial charge in [-0.2, -0.15) is 0 Å². The lowest BCUT2D eigenvalue weighted by Crippen LogP contribution is -2.33. The molecule has 0 saturated heterocycles. The molecule has 1 aliphatic carbocycles. The Kier molecular flexibility index (Phi) is 8.61. The Morgan fingerprint density at radius 1 is 0.377 bits per heavy atom. The van der Waals surface area contributed by atoms with Crippen LogP contribution in [-0.2, 0) is 10.8 Å². The maximum Gasteiger partial charge on any atom is 0.164 e. The molecule has 0 atom stereocenters. The molecule has 2 aromatic heterocycles. The fourth-order valence-corrected chi connectivity index (χ4v) is 9.53. The Labute approximate surface area is 357 Å². The Morgan fingerprint density at radius 3 is 1.33 bits per heavy atom. The molecule has 11 rings (SSSR count). The van der Waals surface area contributed by atoms with Crippen molar-refractivity contribution in [2.45, 2.75) is 51.4 Å². The Bertz CT molecular complexity index is 3150. The summed E-state index contributed by atoms with van der Waals surface area (Å²) in [6.07, 6.45) is 2.35. The number of rotatable bonds is 6. The van der Waals surface area contributed by atoms with Crippen molar-refractivity contribution in [3.05, 3.63) is 193 Å². The molecule has 294 valence electrons. The summed E-state index contributed by atoms with van der Waals surface area (Å²) >= 11 is 0. The van der Waals surface area contributed by atoms with E-state index in [2.05, 4.69) is 202 Å². The SMILES string of the molecule is CC1(C)CCC(C)(C)c2cc3c(cc21)c1c2ccccc2ccc1n3-c1ccc(-c2nc(-c3ccc(-c4ccccc4)cc3)nc(-c3ccc(-c4ccccc4)cc3)n2)cc1. The molecule has 8 aromatic carbocycles. The van der Waals surface area contributed by atoms with Crippen LogP contribution < -0.4 is 0 Å². The first-order valence-electron chi connectivity index (χ1n) is 21.4. The lowest BCUT2D eigenvalue weighted by Gasteiger charge is -2.42. The molecule has 1 aliphatic rings. The van der Waals surface area contributed by atoms with E-state index >= 15 is 0 Å². The smallest absolute Gasteiger partial charge is 0.164 e. The minimum absolute atomic E-state index is 0.0874. The molecule has 61 heavy (non-hydrogen) atoms. The third-order valence-electron chi connectivity index (χ3n) is 13.1. The second kappa shape index (κ2) is 14.2. The van der Waals surface area contributed by atoms with Crippen LogP contribution in [0.1, 0.15) is 51.7 Å². The molecular formula is C57H46N4. The number of aromatic nitrogens is 4. The van der Waals surface area contributed by atoms with Crippen molar-refractivity contribution in [2.24, 2.45) is 0 Å². The van der Waals surface area contributed by atoms with Gasteiger partial charge in [-0.3, -0.25) is 0 Å². The van der Waals surface area contributed by atoms with Gasteiger partial charge < -0.3 is 4.57 Å². The molecule has 4 nitrogen and oxygen atoms in total. The van der Waals surface area contributed by atoms with Crippen LogP contribution in [0.4, 0.5) is 0 Å². The summed E-state index contributed by atoms with van der Waals surface area (Å²) in [5.41, 5.74) is 14.1. The van der Waals surface area contributed by atoms with Gasteiger partial charge in [0.1, 0.15) is 0 Å². The average Bonchev–Trinajstić information content (AvgIpc) is 3.65. The minimum atomic E-state index is 0.0874. The van der Waals surface area contributed by atoms with Gasteiger partial charge in [-0.05, 0) is 110 Å². The van der Waals surface area contributed by atoms with Crippen molar-refractivity contribution in [3.63, 3.8) is 0 Å². The van der Waals surface area contributed by atoms with Crippen molar-refractivity contribution in [2.75, 3.05) is 0 Å². The predicted molar refractivity (Wildman–Crippen MR) is 254 cm³/mol. The first-order chi connectivity index (χ1) is 29.7. The van der Waals surface area contributed by atoms with Gasteiger partial charge in [0.05, 0.1) is 11.0 Å². The summed E-state index contributed by atoms with van der Waals surface area (Å²) in [5, 5.41) is 5.16. The molecule has 4 heteroatoms. The summed E-state index contributed by atoms with van der Waals surface area (Å²) in [5.74, 6) is 1.91. The lowest BCUT2D eigenvalue weighted by molar-refractivity contribution is 0.332. The van der Waals surface area contributed by atoms with Crippen LogP contribution in [0.3, 0.4) is 0 Å². The number of nitrogens with zero attached hydrogens (tertiary/aromatic N) is 4. The normalized spacial score (nSPS) is 14.4. The molecular weight excluding hydrogens is 741 g/mol. The van der Waals surface area contributed by atoms with Gasteiger partial charge in [-0.15, -0.1) is 0 Å². The number of hydrogen-bond acceptors (Lipinski definition) is 3. The van der Waals surface area contributed by atoms with Crippen molar-refractivity contribution in [1.82, 2.24) is 19.5 Å². The minimum Gasteiger partial charge on any atom is -0.309 e. The van der Waals surface area contributed by atoms with E-state index in [9.17, 15) is 0 Å².